The first kappa shape index (κ1) is 22.5. The van der Waals surface area contributed by atoms with E-state index in [4.69, 9.17) is 4.98 Å². The van der Waals surface area contributed by atoms with Gasteiger partial charge in [-0.05, 0) is 44.0 Å². The van der Waals surface area contributed by atoms with E-state index in [-0.39, 0.29) is 29.0 Å². The third kappa shape index (κ3) is 4.87. The lowest BCUT2D eigenvalue weighted by Gasteiger charge is -2.33. The molecule has 1 aromatic heterocycles. The van der Waals surface area contributed by atoms with E-state index in [1.165, 1.54) is 12.1 Å². The molecule has 4 rings (SSSR count). The van der Waals surface area contributed by atoms with E-state index in [0.717, 1.165) is 23.7 Å². The molecule has 2 fully saturated rings. The number of hydrogen-bond acceptors (Lipinski definition) is 5. The zero-order valence-corrected chi connectivity index (χ0v) is 18.6. The number of carbonyl (C=O) groups excluding carboxylic acids is 2. The predicted molar refractivity (Wildman–Crippen MR) is 118 cm³/mol. The summed E-state index contributed by atoms with van der Waals surface area (Å²) in [5.41, 5.74) is 2.41. The lowest BCUT2D eigenvalue weighted by Crippen LogP contribution is -2.39. The summed E-state index contributed by atoms with van der Waals surface area (Å²) in [5, 5.41) is 0. The molecule has 0 spiro atoms. The molecule has 2 aliphatic rings. The van der Waals surface area contributed by atoms with Crippen LogP contribution < -0.4 is 4.74 Å². The van der Waals surface area contributed by atoms with Crippen LogP contribution in [0.15, 0.2) is 36.4 Å². The number of benzene rings is 1. The predicted octanol–water partition coefficient (Wildman–Crippen LogP) is 4.16. The maximum Gasteiger partial charge on any atom is 0.387 e. The molecule has 32 heavy (non-hydrogen) atoms. The molecule has 170 valence electrons. The van der Waals surface area contributed by atoms with Crippen molar-refractivity contribution in [3.63, 3.8) is 0 Å². The second-order valence-electron chi connectivity index (χ2n) is 7.93. The maximum atomic E-state index is 13.0. The van der Waals surface area contributed by atoms with Crippen LogP contribution in [0.5, 0.6) is 5.75 Å². The SMILES string of the molecule is Cc1ccc(C(=O)N2CCSC2)c(C2CCN(C(=O)c3ccccc3OC(F)F)CC2)n1. The van der Waals surface area contributed by atoms with Gasteiger partial charge in [-0.15, -0.1) is 11.8 Å². The Kier molecular flexibility index (Phi) is 6.93. The Bertz CT molecular complexity index is 990. The van der Waals surface area contributed by atoms with Crippen LogP contribution in [0.25, 0.3) is 0 Å². The molecular formula is C23H25F2N3O3S. The van der Waals surface area contributed by atoms with Gasteiger partial charge in [0.1, 0.15) is 5.75 Å². The lowest BCUT2D eigenvalue weighted by molar-refractivity contribution is -0.0503. The second-order valence-corrected chi connectivity index (χ2v) is 9.01. The van der Waals surface area contributed by atoms with E-state index in [9.17, 15) is 18.4 Å². The van der Waals surface area contributed by atoms with Crippen LogP contribution in [-0.4, -0.2) is 64.5 Å². The average Bonchev–Trinajstić information content (AvgIpc) is 3.33. The van der Waals surface area contributed by atoms with Gasteiger partial charge in [0, 0.05) is 37.0 Å². The minimum atomic E-state index is -2.99. The Labute approximate surface area is 189 Å². The van der Waals surface area contributed by atoms with Crippen LogP contribution in [0, 0.1) is 6.92 Å². The van der Waals surface area contributed by atoms with Gasteiger partial charge in [-0.2, -0.15) is 8.78 Å². The Morgan fingerprint density at radius 2 is 1.75 bits per heavy atom. The zero-order valence-electron chi connectivity index (χ0n) is 17.8. The molecular weight excluding hydrogens is 436 g/mol. The summed E-state index contributed by atoms with van der Waals surface area (Å²) in [6.45, 7) is 0.559. The van der Waals surface area contributed by atoms with Crippen LogP contribution in [-0.2, 0) is 0 Å². The number of aromatic nitrogens is 1. The third-order valence-corrected chi connectivity index (χ3v) is 6.80. The highest BCUT2D eigenvalue weighted by Crippen LogP contribution is 2.32. The van der Waals surface area contributed by atoms with E-state index in [2.05, 4.69) is 4.74 Å². The quantitative estimate of drug-likeness (QED) is 0.669. The number of thioether (sulfide) groups is 1. The van der Waals surface area contributed by atoms with Crippen molar-refractivity contribution in [3.05, 3.63) is 58.9 Å². The number of piperidine rings is 1. The molecule has 9 heteroatoms. The fourth-order valence-electron chi connectivity index (χ4n) is 4.18. The number of para-hydroxylation sites is 1. The minimum Gasteiger partial charge on any atom is -0.434 e. The molecule has 2 saturated heterocycles. The van der Waals surface area contributed by atoms with Gasteiger partial charge in [0.2, 0.25) is 0 Å². The number of aryl methyl sites for hydroxylation is 1. The van der Waals surface area contributed by atoms with E-state index in [1.807, 2.05) is 24.0 Å². The largest absolute Gasteiger partial charge is 0.434 e. The number of ether oxygens (including phenoxy) is 1. The molecule has 0 saturated carbocycles. The van der Waals surface area contributed by atoms with Gasteiger partial charge in [-0.1, -0.05) is 12.1 Å². The van der Waals surface area contributed by atoms with Gasteiger partial charge in [0.15, 0.2) is 0 Å². The lowest BCUT2D eigenvalue weighted by atomic mass is 9.89. The Morgan fingerprint density at radius 1 is 1.03 bits per heavy atom. The fraction of sp³-hybridized carbons (Fsp3) is 0.435. The molecule has 0 aliphatic carbocycles. The monoisotopic (exact) mass is 461 g/mol. The molecule has 1 aromatic carbocycles. The molecule has 0 unspecified atom stereocenters. The number of likely N-dealkylation sites (tertiary alicyclic amines) is 1. The Balaban J connectivity index is 1.48. The van der Waals surface area contributed by atoms with Crippen LogP contribution >= 0.6 is 11.8 Å². The standard InChI is InChI=1S/C23H25F2N3O3S/c1-15-6-7-18(22(30)28-12-13-32-14-28)20(26-15)16-8-10-27(11-9-16)21(29)17-4-2-3-5-19(17)31-23(24)25/h2-7,16,23H,8-14H2,1H3. The number of nitrogens with zero attached hydrogens (tertiary/aromatic N) is 3. The van der Waals surface area contributed by atoms with Crippen molar-refractivity contribution >= 4 is 23.6 Å². The summed E-state index contributed by atoms with van der Waals surface area (Å²) >= 11 is 1.74. The van der Waals surface area contributed by atoms with Crippen molar-refractivity contribution in [1.29, 1.82) is 0 Å². The van der Waals surface area contributed by atoms with Crippen molar-refractivity contribution in [2.45, 2.75) is 32.3 Å². The van der Waals surface area contributed by atoms with Crippen molar-refractivity contribution in [2.24, 2.45) is 0 Å². The molecule has 6 nitrogen and oxygen atoms in total. The van der Waals surface area contributed by atoms with Gasteiger partial charge in [0.05, 0.1) is 22.7 Å². The molecule has 2 aromatic rings. The molecule has 0 bridgehead atoms. The topological polar surface area (TPSA) is 62.7 Å². The van der Waals surface area contributed by atoms with Gasteiger partial charge < -0.3 is 14.5 Å². The number of halogens is 2. The summed E-state index contributed by atoms with van der Waals surface area (Å²) in [6.07, 6.45) is 1.30. The van der Waals surface area contributed by atoms with Gasteiger partial charge >= 0.3 is 6.61 Å². The van der Waals surface area contributed by atoms with E-state index in [1.54, 1.807) is 28.8 Å². The molecule has 0 N–H and O–H groups in total. The number of amides is 2. The molecule has 2 aliphatic heterocycles. The van der Waals surface area contributed by atoms with Gasteiger partial charge in [-0.3, -0.25) is 14.6 Å². The second kappa shape index (κ2) is 9.85. The Hall–Kier alpha value is -2.68. The summed E-state index contributed by atoms with van der Waals surface area (Å²) < 4.78 is 29.9. The normalized spacial score (nSPS) is 17.1. The zero-order chi connectivity index (χ0) is 22.7. The smallest absolute Gasteiger partial charge is 0.387 e. The highest BCUT2D eigenvalue weighted by Gasteiger charge is 2.31. The van der Waals surface area contributed by atoms with E-state index in [0.29, 0.717) is 37.4 Å². The van der Waals surface area contributed by atoms with Crippen LogP contribution in [0.3, 0.4) is 0 Å². The minimum absolute atomic E-state index is 0.00841. The fourth-order valence-corrected chi connectivity index (χ4v) is 5.13. The number of pyridine rings is 1. The molecule has 3 heterocycles. The Morgan fingerprint density at radius 3 is 2.44 bits per heavy atom. The van der Waals surface area contributed by atoms with E-state index >= 15 is 0 Å². The first-order valence-corrected chi connectivity index (χ1v) is 11.8. The van der Waals surface area contributed by atoms with Crippen molar-refractivity contribution in [3.8, 4) is 5.75 Å². The highest BCUT2D eigenvalue weighted by atomic mass is 32.2. The van der Waals surface area contributed by atoms with Crippen LogP contribution in [0.2, 0.25) is 0 Å². The number of alkyl halides is 2. The van der Waals surface area contributed by atoms with Crippen LogP contribution in [0.4, 0.5) is 8.78 Å². The third-order valence-electron chi connectivity index (χ3n) is 5.84. The van der Waals surface area contributed by atoms with Crippen molar-refractivity contribution in [1.82, 2.24) is 14.8 Å². The molecule has 0 radical (unpaired) electrons. The average molecular weight is 462 g/mol. The van der Waals surface area contributed by atoms with Gasteiger partial charge in [-0.25, -0.2) is 0 Å². The van der Waals surface area contributed by atoms with E-state index < -0.39 is 6.61 Å². The number of rotatable bonds is 5. The van der Waals surface area contributed by atoms with Gasteiger partial charge in [0.25, 0.3) is 11.8 Å². The first-order chi connectivity index (χ1) is 15.4. The van der Waals surface area contributed by atoms with Crippen molar-refractivity contribution in [2.75, 3.05) is 31.3 Å². The number of hydrogen-bond donors (Lipinski definition) is 0. The first-order valence-electron chi connectivity index (χ1n) is 10.6. The molecule has 0 atom stereocenters. The summed E-state index contributed by atoms with van der Waals surface area (Å²) in [6, 6.07) is 9.78. The summed E-state index contributed by atoms with van der Waals surface area (Å²) in [4.78, 5) is 34.2. The van der Waals surface area contributed by atoms with Crippen LogP contribution in [0.1, 0.15) is 50.9 Å². The summed E-state index contributed by atoms with van der Waals surface area (Å²) in [7, 11) is 0. The summed E-state index contributed by atoms with van der Waals surface area (Å²) in [5.74, 6) is 1.25. The maximum absolute atomic E-state index is 13.0. The molecule has 2 amide bonds. The highest BCUT2D eigenvalue weighted by molar-refractivity contribution is 7.99. The van der Waals surface area contributed by atoms with Crippen molar-refractivity contribution < 1.29 is 23.1 Å². The number of carbonyl (C=O) groups is 2.